The van der Waals surface area contributed by atoms with Crippen molar-refractivity contribution < 1.29 is 9.59 Å². The van der Waals surface area contributed by atoms with E-state index in [2.05, 4.69) is 25.9 Å². The predicted octanol–water partition coefficient (Wildman–Crippen LogP) is 2.11. The lowest BCUT2D eigenvalue weighted by atomic mass is 10.3. The average molecular weight is 411 g/mol. The van der Waals surface area contributed by atoms with Gasteiger partial charge in [0, 0.05) is 32.7 Å². The van der Waals surface area contributed by atoms with Crippen LogP contribution in [0.5, 0.6) is 0 Å². The van der Waals surface area contributed by atoms with Gasteiger partial charge in [-0.15, -0.1) is 0 Å². The quantitative estimate of drug-likeness (QED) is 0.668. The van der Waals surface area contributed by atoms with Gasteiger partial charge < -0.3 is 10.6 Å². The van der Waals surface area contributed by atoms with Gasteiger partial charge in [0.05, 0.1) is 0 Å². The number of carbonyl (C=O) groups is 2. The summed E-state index contributed by atoms with van der Waals surface area (Å²) < 4.78 is 4.33. The number of anilines is 2. The van der Waals surface area contributed by atoms with Crippen LogP contribution >= 0.6 is 23.2 Å². The highest BCUT2D eigenvalue weighted by molar-refractivity contribution is 6.33. The van der Waals surface area contributed by atoms with Gasteiger partial charge in [0.25, 0.3) is 5.91 Å². The first-order valence-corrected chi connectivity index (χ1v) is 8.56. The molecule has 1 atom stereocenters. The van der Waals surface area contributed by atoms with Crippen molar-refractivity contribution in [3.05, 3.63) is 40.4 Å². The second-order valence-corrected chi connectivity index (χ2v) is 6.61. The Kier molecular flexibility index (Phi) is 5.19. The fourth-order valence-electron chi connectivity index (χ4n) is 2.28. The van der Waals surface area contributed by atoms with Crippen LogP contribution < -0.4 is 10.6 Å². The summed E-state index contributed by atoms with van der Waals surface area (Å²) >= 11 is 12.0. The zero-order valence-electron chi connectivity index (χ0n) is 14.6. The minimum absolute atomic E-state index is 0.118. The Hall–Kier alpha value is -2.85. The van der Waals surface area contributed by atoms with E-state index < -0.39 is 11.9 Å². The van der Waals surface area contributed by atoms with Gasteiger partial charge in [0.1, 0.15) is 16.1 Å². The number of aryl methyl sites for hydroxylation is 2. The third-order valence-electron chi connectivity index (χ3n) is 3.66. The Bertz CT molecular complexity index is 1010. The molecule has 0 saturated heterocycles. The maximum Gasteiger partial charge on any atom is 0.277 e. The van der Waals surface area contributed by atoms with Crippen LogP contribution in [0.15, 0.2) is 24.7 Å². The SMILES string of the molecule is CC(C(=O)Nc1nn(C)cc1Cl)n1ccc(C(=O)Nc2nn(C)cc2Cl)n1. The topological polar surface area (TPSA) is 112 Å². The van der Waals surface area contributed by atoms with Crippen molar-refractivity contribution in [3.63, 3.8) is 0 Å². The van der Waals surface area contributed by atoms with E-state index in [1.54, 1.807) is 33.4 Å². The molecule has 0 saturated carbocycles. The molecule has 3 aromatic heterocycles. The number of nitrogens with one attached hydrogen (secondary N) is 2. The van der Waals surface area contributed by atoms with Crippen molar-refractivity contribution in [2.45, 2.75) is 13.0 Å². The van der Waals surface area contributed by atoms with Gasteiger partial charge in [-0.05, 0) is 13.0 Å². The first-order valence-electron chi connectivity index (χ1n) is 7.80. The lowest BCUT2D eigenvalue weighted by molar-refractivity contribution is -0.119. The number of amides is 2. The molecule has 0 aliphatic rings. The first kappa shape index (κ1) is 18.9. The van der Waals surface area contributed by atoms with Crippen molar-refractivity contribution in [1.82, 2.24) is 29.3 Å². The van der Waals surface area contributed by atoms with Crippen LogP contribution in [0.4, 0.5) is 11.6 Å². The molecule has 3 aromatic rings. The van der Waals surface area contributed by atoms with Crippen LogP contribution in [0.25, 0.3) is 0 Å². The summed E-state index contributed by atoms with van der Waals surface area (Å²) in [6.07, 6.45) is 4.66. The van der Waals surface area contributed by atoms with Crippen LogP contribution in [0, 0.1) is 0 Å². The molecule has 0 bridgehead atoms. The Balaban J connectivity index is 1.68. The van der Waals surface area contributed by atoms with Gasteiger partial charge in [-0.3, -0.25) is 23.6 Å². The molecule has 12 heteroatoms. The standard InChI is InChI=1S/C15H16Cl2N8O2/c1-8(14(26)18-12-9(16)6-23(2)21-12)25-5-4-11(20-25)15(27)19-13-10(17)7-24(3)22-13/h4-8H,1-3H3,(H,18,21,26)(H,19,22,27). The van der Waals surface area contributed by atoms with Crippen molar-refractivity contribution >= 4 is 46.7 Å². The second kappa shape index (κ2) is 7.41. The number of halogens is 2. The second-order valence-electron chi connectivity index (χ2n) is 5.80. The van der Waals surface area contributed by atoms with Crippen LogP contribution in [-0.4, -0.2) is 41.2 Å². The molecule has 0 radical (unpaired) electrons. The molecule has 0 aliphatic heterocycles. The summed E-state index contributed by atoms with van der Waals surface area (Å²) in [7, 11) is 3.38. The molecule has 2 amide bonds. The average Bonchev–Trinajstić information content (AvgIpc) is 3.27. The molecule has 3 rings (SSSR count). The summed E-state index contributed by atoms with van der Waals surface area (Å²) in [5.41, 5.74) is 0.118. The molecular weight excluding hydrogens is 395 g/mol. The summed E-state index contributed by atoms with van der Waals surface area (Å²) in [4.78, 5) is 24.7. The zero-order valence-corrected chi connectivity index (χ0v) is 16.2. The van der Waals surface area contributed by atoms with Crippen molar-refractivity contribution in [1.29, 1.82) is 0 Å². The molecule has 1 unspecified atom stereocenters. The highest BCUT2D eigenvalue weighted by Gasteiger charge is 2.21. The van der Waals surface area contributed by atoms with Crippen LogP contribution in [0.3, 0.4) is 0 Å². The highest BCUT2D eigenvalue weighted by atomic mass is 35.5. The third-order valence-corrected chi connectivity index (χ3v) is 4.21. The van der Waals surface area contributed by atoms with Crippen molar-refractivity contribution in [3.8, 4) is 0 Å². The Morgan fingerprint density at radius 3 is 2.07 bits per heavy atom. The summed E-state index contributed by atoms with van der Waals surface area (Å²) in [6, 6.07) is 0.798. The molecule has 142 valence electrons. The van der Waals surface area contributed by atoms with Crippen LogP contribution in [0.2, 0.25) is 10.0 Å². The summed E-state index contributed by atoms with van der Waals surface area (Å²) in [6.45, 7) is 1.64. The van der Waals surface area contributed by atoms with E-state index in [0.29, 0.717) is 10.0 Å². The minimum Gasteiger partial charge on any atom is -0.306 e. The van der Waals surface area contributed by atoms with E-state index in [4.69, 9.17) is 23.2 Å². The van der Waals surface area contributed by atoms with Gasteiger partial charge in [-0.2, -0.15) is 15.3 Å². The van der Waals surface area contributed by atoms with Crippen LogP contribution in [-0.2, 0) is 18.9 Å². The summed E-state index contributed by atoms with van der Waals surface area (Å²) in [5.74, 6) is -0.381. The van der Waals surface area contributed by atoms with E-state index in [1.165, 1.54) is 26.3 Å². The highest BCUT2D eigenvalue weighted by Crippen LogP contribution is 2.21. The van der Waals surface area contributed by atoms with Crippen molar-refractivity contribution in [2.75, 3.05) is 10.6 Å². The number of hydrogen-bond acceptors (Lipinski definition) is 5. The molecule has 3 heterocycles. The van der Waals surface area contributed by atoms with E-state index in [9.17, 15) is 9.59 Å². The maximum atomic E-state index is 12.4. The fraction of sp³-hybridized carbons (Fsp3) is 0.267. The number of hydrogen-bond donors (Lipinski definition) is 2. The molecule has 2 N–H and O–H groups in total. The molecular formula is C15H16Cl2N8O2. The Labute approximate surface area is 164 Å². The zero-order chi connectivity index (χ0) is 19.7. The maximum absolute atomic E-state index is 12.4. The molecule has 10 nitrogen and oxygen atoms in total. The van der Waals surface area contributed by atoms with E-state index in [-0.39, 0.29) is 23.2 Å². The monoisotopic (exact) mass is 410 g/mol. The third kappa shape index (κ3) is 4.12. The van der Waals surface area contributed by atoms with Gasteiger partial charge in [-0.25, -0.2) is 0 Å². The van der Waals surface area contributed by atoms with E-state index in [0.717, 1.165) is 0 Å². The van der Waals surface area contributed by atoms with Crippen molar-refractivity contribution in [2.24, 2.45) is 14.1 Å². The Morgan fingerprint density at radius 2 is 1.56 bits per heavy atom. The van der Waals surface area contributed by atoms with Gasteiger partial charge in [0.15, 0.2) is 17.3 Å². The number of carbonyl (C=O) groups excluding carboxylic acids is 2. The van der Waals surface area contributed by atoms with Gasteiger partial charge >= 0.3 is 0 Å². The smallest absolute Gasteiger partial charge is 0.277 e. The molecule has 27 heavy (non-hydrogen) atoms. The van der Waals surface area contributed by atoms with Crippen LogP contribution in [0.1, 0.15) is 23.5 Å². The van der Waals surface area contributed by atoms with Gasteiger partial charge in [0.2, 0.25) is 5.91 Å². The largest absolute Gasteiger partial charge is 0.306 e. The van der Waals surface area contributed by atoms with E-state index in [1.807, 2.05) is 0 Å². The number of nitrogens with zero attached hydrogens (tertiary/aromatic N) is 6. The predicted molar refractivity (Wildman–Crippen MR) is 100.0 cm³/mol. The lowest BCUT2D eigenvalue weighted by Gasteiger charge is -2.11. The molecule has 0 aliphatic carbocycles. The number of aromatic nitrogens is 6. The fourth-order valence-corrected chi connectivity index (χ4v) is 2.73. The number of rotatable bonds is 5. The van der Waals surface area contributed by atoms with Gasteiger partial charge in [-0.1, -0.05) is 23.2 Å². The molecule has 0 spiro atoms. The lowest BCUT2D eigenvalue weighted by Crippen LogP contribution is -2.25. The summed E-state index contributed by atoms with van der Waals surface area (Å²) in [5, 5.41) is 18.1. The van der Waals surface area contributed by atoms with E-state index >= 15 is 0 Å². The normalized spacial score (nSPS) is 12.0. The molecule has 0 fully saturated rings. The first-order chi connectivity index (χ1) is 12.7. The molecule has 0 aromatic carbocycles. The minimum atomic E-state index is -0.692. The Morgan fingerprint density at radius 1 is 1.00 bits per heavy atom.